The molecule has 0 aromatic heterocycles. The summed E-state index contributed by atoms with van der Waals surface area (Å²) < 4.78 is 0. The maximum absolute atomic E-state index is 8.68. The summed E-state index contributed by atoms with van der Waals surface area (Å²) >= 11 is 0. The monoisotopic (exact) mass is 522 g/mol. The van der Waals surface area contributed by atoms with E-state index in [2.05, 4.69) is 86.9 Å². The van der Waals surface area contributed by atoms with Crippen LogP contribution in [0, 0.1) is 13.8 Å². The van der Waals surface area contributed by atoms with Gasteiger partial charge >= 0.3 is 20.4 Å². The van der Waals surface area contributed by atoms with Gasteiger partial charge in [0, 0.05) is 0 Å². The van der Waals surface area contributed by atoms with Crippen molar-refractivity contribution < 1.29 is 25.2 Å². The van der Waals surface area contributed by atoms with Crippen molar-refractivity contribution in [1.29, 1.82) is 0 Å². The van der Waals surface area contributed by atoms with E-state index in [-0.39, 0.29) is 20.4 Å². The fourth-order valence-electron chi connectivity index (χ4n) is 3.26. The number of unbranched alkanes of at least 4 members (excludes halogenated alkanes) is 3. The molecule has 176 valence electrons. The molecule has 0 unspecified atom stereocenters. The normalized spacial score (nSPS) is 9.62. The van der Waals surface area contributed by atoms with Crippen LogP contribution in [-0.2, 0) is 33.3 Å². The van der Waals surface area contributed by atoms with Crippen molar-refractivity contribution in [3.05, 3.63) is 102 Å². The van der Waals surface area contributed by atoms with Crippen LogP contribution in [-0.4, -0.2) is 10.7 Å². The minimum atomic E-state index is 0. The predicted octanol–water partition coefficient (Wildman–Crippen LogP) is 8.33. The summed E-state index contributed by atoms with van der Waals surface area (Å²) in [4.78, 5) is 2.97. The summed E-state index contributed by atoms with van der Waals surface area (Å²) in [5.41, 5.74) is 14.9. The van der Waals surface area contributed by atoms with E-state index in [0.29, 0.717) is 0 Å². The van der Waals surface area contributed by atoms with Gasteiger partial charge in [-0.2, -0.15) is 13.8 Å². The third kappa shape index (κ3) is 12.8. The van der Waals surface area contributed by atoms with Crippen LogP contribution in [0.3, 0.4) is 0 Å². The van der Waals surface area contributed by atoms with Gasteiger partial charge in [0.1, 0.15) is 0 Å². The van der Waals surface area contributed by atoms with Crippen molar-refractivity contribution in [3.63, 3.8) is 0 Å². The molecule has 0 amide bonds. The van der Waals surface area contributed by atoms with Gasteiger partial charge in [0.2, 0.25) is 0 Å². The molecule has 0 saturated heterocycles. The van der Waals surface area contributed by atoms with Crippen molar-refractivity contribution in [2.45, 2.75) is 72.6 Å². The molecular formula is C29H40N2Pd. The Bertz CT molecular complexity index is 842. The molecule has 0 N–H and O–H groups in total. The molecule has 2 rings (SSSR count). The van der Waals surface area contributed by atoms with Gasteiger partial charge in [0.25, 0.3) is 5.87 Å². The molecule has 0 spiro atoms. The largest absolute Gasteiger partial charge is 2.00 e. The van der Waals surface area contributed by atoms with Crippen LogP contribution in [0.15, 0.2) is 60.7 Å². The van der Waals surface area contributed by atoms with Crippen LogP contribution in [0.4, 0.5) is 0 Å². The van der Waals surface area contributed by atoms with E-state index in [0.717, 1.165) is 18.4 Å². The molecule has 2 nitrogen and oxygen atoms in total. The molecule has 0 heterocycles. The van der Waals surface area contributed by atoms with Gasteiger partial charge in [-0.15, -0.1) is 4.79 Å². The molecule has 2 aromatic carbocycles. The summed E-state index contributed by atoms with van der Waals surface area (Å²) in [5, 5.41) is 0. The van der Waals surface area contributed by atoms with Crippen molar-refractivity contribution in [2.24, 2.45) is 0 Å². The van der Waals surface area contributed by atoms with Crippen LogP contribution in [0.2, 0.25) is 0 Å². The Morgan fingerprint density at radius 2 is 1.34 bits per heavy atom. The van der Waals surface area contributed by atoms with Crippen LogP contribution < -0.4 is 0 Å². The van der Waals surface area contributed by atoms with Gasteiger partial charge < -0.3 is 19.4 Å². The average Bonchev–Trinajstić information content (AvgIpc) is 2.84. The summed E-state index contributed by atoms with van der Waals surface area (Å²) in [6.07, 6.45) is 12.0. The van der Waals surface area contributed by atoms with Crippen LogP contribution >= 0.6 is 0 Å². The average molecular weight is 523 g/mol. The van der Waals surface area contributed by atoms with Gasteiger partial charge in [0.15, 0.2) is 0 Å². The maximum atomic E-state index is 8.68. The molecule has 0 aliphatic rings. The topological polar surface area (TPSA) is 36.4 Å². The molecule has 0 atom stereocenters. The first-order valence-corrected chi connectivity index (χ1v) is 11.5. The number of hydrogen-bond acceptors (Lipinski definition) is 0. The fourth-order valence-corrected chi connectivity index (χ4v) is 3.26. The van der Waals surface area contributed by atoms with E-state index in [1.807, 2.05) is 6.08 Å². The van der Waals surface area contributed by atoms with Crippen LogP contribution in [0.1, 0.15) is 82.1 Å². The van der Waals surface area contributed by atoms with E-state index in [1.165, 1.54) is 54.4 Å². The van der Waals surface area contributed by atoms with Crippen LogP contribution in [0.5, 0.6) is 0 Å². The van der Waals surface area contributed by atoms with Gasteiger partial charge in [-0.25, -0.2) is 0 Å². The number of hydrogen-bond donors (Lipinski definition) is 0. The van der Waals surface area contributed by atoms with Gasteiger partial charge in [-0.05, 0) is 59.6 Å². The minimum Gasteiger partial charge on any atom is -0.348 e. The van der Waals surface area contributed by atoms with Crippen molar-refractivity contribution in [3.8, 4) is 0 Å². The second kappa shape index (κ2) is 22.2. The zero-order valence-corrected chi connectivity index (χ0v) is 21.9. The first kappa shape index (κ1) is 32.2. The summed E-state index contributed by atoms with van der Waals surface area (Å²) in [5.74, 6) is 2.50. The standard InChI is InChI=1S/C25H30N2.2C2H5.Pd/c1-3-5-7-12-22-14-9-16-24(20-22)25(17-10-18-27-26)23-15-8-13-21(19-23)11-6-4-2;2*1-2;/h8-10,13-17,19-20H,3-7,11-12H2,1-2H3;2*1H2,2H3;/q;2*-1;+2. The van der Waals surface area contributed by atoms with Crippen LogP contribution in [0.25, 0.3) is 11.1 Å². The Hall–Kier alpha value is -2.00. The molecule has 0 radical (unpaired) electrons. The first-order chi connectivity index (χ1) is 15.3. The first-order valence-electron chi connectivity index (χ1n) is 11.5. The maximum Gasteiger partial charge on any atom is 2.00 e. The second-order valence-electron chi connectivity index (χ2n) is 6.94. The molecule has 0 bridgehead atoms. The zero-order valence-electron chi connectivity index (χ0n) is 20.3. The summed E-state index contributed by atoms with van der Waals surface area (Å²) in [6, 6.07) is 17.5. The second-order valence-corrected chi connectivity index (χ2v) is 6.94. The molecule has 0 saturated carbocycles. The zero-order chi connectivity index (χ0) is 23.3. The Morgan fingerprint density at radius 1 is 0.844 bits per heavy atom. The Morgan fingerprint density at radius 3 is 1.81 bits per heavy atom. The number of nitrogens with zero attached hydrogens (tertiary/aromatic N) is 2. The predicted molar refractivity (Wildman–Crippen MR) is 137 cm³/mol. The number of aryl methyl sites for hydroxylation is 2. The van der Waals surface area contributed by atoms with E-state index < -0.39 is 0 Å². The number of allylic oxidation sites excluding steroid dienone is 2. The fraction of sp³-hybridized carbons (Fsp3) is 0.379. The Balaban J connectivity index is 0. The molecule has 0 fully saturated rings. The molecular weight excluding hydrogens is 483 g/mol. The third-order valence-electron chi connectivity index (χ3n) is 4.75. The van der Waals surface area contributed by atoms with E-state index in [9.17, 15) is 0 Å². The van der Waals surface area contributed by atoms with E-state index >= 15 is 0 Å². The summed E-state index contributed by atoms with van der Waals surface area (Å²) in [7, 11) is 0. The van der Waals surface area contributed by atoms with Gasteiger partial charge in [0.05, 0.1) is 6.08 Å². The third-order valence-corrected chi connectivity index (χ3v) is 4.75. The molecule has 0 aliphatic carbocycles. The van der Waals surface area contributed by atoms with E-state index in [1.54, 1.807) is 19.9 Å². The minimum absolute atomic E-state index is 0. The van der Waals surface area contributed by atoms with Gasteiger partial charge in [-0.3, -0.25) is 0 Å². The quantitative estimate of drug-likeness (QED) is 0.0572. The van der Waals surface area contributed by atoms with Crippen molar-refractivity contribution >= 4 is 11.4 Å². The molecule has 3 heteroatoms. The molecule has 0 aliphatic heterocycles. The Labute approximate surface area is 211 Å². The molecule has 2 aromatic rings. The van der Waals surface area contributed by atoms with Crippen molar-refractivity contribution in [2.75, 3.05) is 0 Å². The number of benzene rings is 2. The Kier molecular flexibility index (Phi) is 22.3. The molecule has 32 heavy (non-hydrogen) atoms. The number of rotatable bonds is 10. The summed E-state index contributed by atoms with van der Waals surface area (Å²) in [6.45, 7) is 14.5. The SMILES string of the molecule is CCCCCc1cccc(C(=CC=C=[N+]=[N-])c2cccc(CCCC)c2)c1.[CH2-]C.[CH2-]C.[Pd+2]. The van der Waals surface area contributed by atoms with E-state index in [4.69, 9.17) is 5.53 Å². The smallest absolute Gasteiger partial charge is 0.348 e. The van der Waals surface area contributed by atoms with Crippen molar-refractivity contribution in [1.82, 2.24) is 0 Å². The van der Waals surface area contributed by atoms with Gasteiger partial charge in [-0.1, -0.05) is 81.6 Å².